The normalized spacial score (nSPS) is 10.2. The van der Waals surface area contributed by atoms with Crippen molar-refractivity contribution in [2.45, 2.75) is 13.3 Å². The number of carboxylic acid groups (broad SMARTS) is 1. The van der Waals surface area contributed by atoms with Gasteiger partial charge in [0.2, 0.25) is 0 Å². The van der Waals surface area contributed by atoms with Crippen LogP contribution in [0.1, 0.15) is 23.0 Å². The smallest absolute Gasteiger partial charge is 0.342 e. The van der Waals surface area contributed by atoms with Crippen molar-refractivity contribution in [1.82, 2.24) is 4.98 Å². The van der Waals surface area contributed by atoms with Crippen molar-refractivity contribution in [2.75, 3.05) is 0 Å². The molecule has 20 heavy (non-hydrogen) atoms. The van der Waals surface area contributed by atoms with Gasteiger partial charge in [-0.15, -0.1) is 0 Å². The van der Waals surface area contributed by atoms with Crippen LogP contribution in [0.4, 0.5) is 5.69 Å². The largest absolute Gasteiger partial charge is 0.477 e. The van der Waals surface area contributed by atoms with Crippen LogP contribution in [-0.2, 0) is 6.42 Å². The lowest BCUT2D eigenvalue weighted by Crippen LogP contribution is -2.02. The minimum Gasteiger partial charge on any atom is -0.477 e. The number of aromatic nitrogens is 1. The second-order valence-corrected chi connectivity index (χ2v) is 4.62. The van der Waals surface area contributed by atoms with E-state index in [0.717, 1.165) is 24.2 Å². The molecule has 0 amide bonds. The van der Waals surface area contributed by atoms with E-state index in [1.165, 1.54) is 17.4 Å². The fraction of sp³-hybridized carbons (Fsp3) is 0.167. The average molecular weight is 294 g/mol. The molecule has 7 nitrogen and oxygen atoms in total. The lowest BCUT2D eigenvalue weighted by atomic mass is 10.2. The van der Waals surface area contributed by atoms with Crippen molar-refractivity contribution >= 4 is 23.0 Å². The van der Waals surface area contributed by atoms with Gasteiger partial charge >= 0.3 is 5.97 Å². The highest BCUT2D eigenvalue weighted by atomic mass is 32.1. The number of carbonyl (C=O) groups is 1. The van der Waals surface area contributed by atoms with Gasteiger partial charge in [0.15, 0.2) is 0 Å². The van der Waals surface area contributed by atoms with Gasteiger partial charge in [-0.1, -0.05) is 18.3 Å². The van der Waals surface area contributed by atoms with Crippen molar-refractivity contribution < 1.29 is 19.6 Å². The molecule has 0 saturated heterocycles. The Bertz CT molecular complexity index is 668. The van der Waals surface area contributed by atoms with Crippen LogP contribution in [-0.4, -0.2) is 21.0 Å². The van der Waals surface area contributed by atoms with Crippen LogP contribution in [0.15, 0.2) is 23.6 Å². The van der Waals surface area contributed by atoms with Gasteiger partial charge in [0.05, 0.1) is 10.6 Å². The standard InChI is InChI=1S/C12H10N2O5S/c1-2-7-6-20-12(13-7)19-8-3-4-10(14(17)18)9(5-8)11(15)16/h3-6H,2H2,1H3,(H,15,16). The van der Waals surface area contributed by atoms with Crippen LogP contribution in [0.3, 0.4) is 0 Å². The maximum atomic E-state index is 11.0. The lowest BCUT2D eigenvalue weighted by molar-refractivity contribution is -0.385. The molecule has 0 aliphatic heterocycles. The van der Waals surface area contributed by atoms with Gasteiger partial charge in [-0.3, -0.25) is 10.1 Å². The third-order valence-electron chi connectivity index (χ3n) is 2.49. The van der Waals surface area contributed by atoms with Crippen LogP contribution in [0.25, 0.3) is 0 Å². The Labute approximate surface area is 117 Å². The van der Waals surface area contributed by atoms with Gasteiger partial charge in [-0.25, -0.2) is 9.78 Å². The van der Waals surface area contributed by atoms with E-state index in [1.54, 1.807) is 0 Å². The van der Waals surface area contributed by atoms with Crippen molar-refractivity contribution in [2.24, 2.45) is 0 Å². The van der Waals surface area contributed by atoms with Gasteiger partial charge < -0.3 is 9.84 Å². The SMILES string of the molecule is CCc1csc(Oc2ccc([N+](=O)[O-])c(C(=O)O)c2)n1. The third kappa shape index (κ3) is 2.91. The van der Waals surface area contributed by atoms with E-state index in [-0.39, 0.29) is 5.75 Å². The summed E-state index contributed by atoms with van der Waals surface area (Å²) in [6.45, 7) is 1.95. The summed E-state index contributed by atoms with van der Waals surface area (Å²) in [5, 5.41) is 21.9. The molecule has 2 aromatic rings. The van der Waals surface area contributed by atoms with Crippen LogP contribution in [0, 0.1) is 10.1 Å². The van der Waals surface area contributed by atoms with Crippen molar-refractivity contribution in [3.8, 4) is 10.9 Å². The van der Waals surface area contributed by atoms with Gasteiger partial charge in [0, 0.05) is 17.5 Å². The van der Waals surface area contributed by atoms with Crippen molar-refractivity contribution in [1.29, 1.82) is 0 Å². The molecule has 0 unspecified atom stereocenters. The second kappa shape index (κ2) is 5.66. The number of benzene rings is 1. The number of nitro groups is 1. The first kappa shape index (κ1) is 13.9. The molecule has 8 heteroatoms. The highest BCUT2D eigenvalue weighted by Gasteiger charge is 2.20. The first-order valence-corrected chi connectivity index (χ1v) is 6.53. The first-order chi connectivity index (χ1) is 9.51. The number of aromatic carboxylic acids is 1. The van der Waals surface area contributed by atoms with Crippen LogP contribution in [0.2, 0.25) is 0 Å². The van der Waals surface area contributed by atoms with Gasteiger partial charge in [0.1, 0.15) is 11.3 Å². The zero-order chi connectivity index (χ0) is 14.7. The van der Waals surface area contributed by atoms with Crippen molar-refractivity contribution in [3.05, 3.63) is 45.0 Å². The van der Waals surface area contributed by atoms with E-state index >= 15 is 0 Å². The molecule has 0 saturated carbocycles. The number of thiazole rings is 1. The van der Waals surface area contributed by atoms with E-state index in [1.807, 2.05) is 12.3 Å². The van der Waals surface area contributed by atoms with Crippen LogP contribution in [0.5, 0.6) is 10.9 Å². The zero-order valence-electron chi connectivity index (χ0n) is 10.4. The van der Waals surface area contributed by atoms with E-state index < -0.39 is 22.1 Å². The number of hydrogen-bond donors (Lipinski definition) is 1. The molecule has 0 atom stereocenters. The fourth-order valence-corrected chi connectivity index (χ4v) is 2.28. The number of aryl methyl sites for hydroxylation is 1. The Morgan fingerprint density at radius 3 is 2.85 bits per heavy atom. The minimum atomic E-state index is -1.38. The molecule has 2 rings (SSSR count). The Morgan fingerprint density at radius 2 is 2.30 bits per heavy atom. The molecule has 0 radical (unpaired) electrons. The maximum absolute atomic E-state index is 11.0. The molecule has 1 N–H and O–H groups in total. The molecule has 0 aliphatic carbocycles. The average Bonchev–Trinajstić information content (AvgIpc) is 2.86. The molecule has 0 aliphatic rings. The molecule has 1 heterocycles. The monoisotopic (exact) mass is 294 g/mol. The lowest BCUT2D eigenvalue weighted by Gasteiger charge is -2.03. The molecular formula is C12H10N2O5S. The summed E-state index contributed by atoms with van der Waals surface area (Å²) in [7, 11) is 0. The Morgan fingerprint density at radius 1 is 1.55 bits per heavy atom. The second-order valence-electron chi connectivity index (χ2n) is 3.80. The van der Waals surface area contributed by atoms with E-state index in [0.29, 0.717) is 5.19 Å². The van der Waals surface area contributed by atoms with Gasteiger partial charge in [-0.05, 0) is 12.5 Å². The van der Waals surface area contributed by atoms with Crippen LogP contribution < -0.4 is 4.74 Å². The third-order valence-corrected chi connectivity index (χ3v) is 3.26. The van der Waals surface area contributed by atoms with E-state index in [9.17, 15) is 14.9 Å². The van der Waals surface area contributed by atoms with E-state index in [4.69, 9.17) is 9.84 Å². The number of ether oxygens (including phenoxy) is 1. The quantitative estimate of drug-likeness (QED) is 0.671. The maximum Gasteiger partial charge on any atom is 0.342 e. The van der Waals surface area contributed by atoms with Crippen molar-refractivity contribution in [3.63, 3.8) is 0 Å². The molecular weight excluding hydrogens is 284 g/mol. The Hall–Kier alpha value is -2.48. The number of rotatable bonds is 5. The summed E-state index contributed by atoms with van der Waals surface area (Å²) in [4.78, 5) is 25.2. The summed E-state index contributed by atoms with van der Waals surface area (Å²) in [6.07, 6.45) is 0.764. The summed E-state index contributed by atoms with van der Waals surface area (Å²) in [5.41, 5.74) is -0.0247. The molecule has 1 aromatic heterocycles. The minimum absolute atomic E-state index is 0.199. The van der Waals surface area contributed by atoms with E-state index in [2.05, 4.69) is 4.98 Å². The predicted octanol–water partition coefficient (Wildman–Crippen LogP) is 3.10. The number of carboxylic acids is 1. The number of hydrogen-bond acceptors (Lipinski definition) is 6. The topological polar surface area (TPSA) is 103 Å². The molecule has 1 aromatic carbocycles. The molecule has 0 bridgehead atoms. The molecule has 0 fully saturated rings. The molecule has 104 valence electrons. The van der Waals surface area contributed by atoms with Gasteiger partial charge in [0.25, 0.3) is 10.9 Å². The summed E-state index contributed by atoms with van der Waals surface area (Å²) in [5.74, 6) is -1.18. The summed E-state index contributed by atoms with van der Waals surface area (Å²) < 4.78 is 5.41. The van der Waals surface area contributed by atoms with Gasteiger partial charge in [-0.2, -0.15) is 0 Å². The summed E-state index contributed by atoms with van der Waals surface area (Å²) in [6, 6.07) is 3.57. The Balaban J connectivity index is 2.31. The van der Waals surface area contributed by atoms with Crippen LogP contribution >= 0.6 is 11.3 Å². The predicted molar refractivity (Wildman–Crippen MR) is 71.6 cm³/mol. The molecule has 0 spiro atoms. The first-order valence-electron chi connectivity index (χ1n) is 5.65. The zero-order valence-corrected chi connectivity index (χ0v) is 11.2. The fourth-order valence-electron chi connectivity index (χ4n) is 1.51. The highest BCUT2D eigenvalue weighted by molar-refractivity contribution is 7.11. The highest BCUT2D eigenvalue weighted by Crippen LogP contribution is 2.29. The summed E-state index contributed by atoms with van der Waals surface area (Å²) >= 11 is 1.28. The number of nitro benzene ring substituents is 1. The number of nitrogens with zero attached hydrogens (tertiary/aromatic N) is 2. The Kier molecular flexibility index (Phi) is 3.94.